The van der Waals surface area contributed by atoms with E-state index in [0.717, 1.165) is 10.9 Å². The molecule has 7 heteroatoms. The molecule has 1 aromatic carbocycles. The van der Waals surface area contributed by atoms with Crippen LogP contribution in [0.5, 0.6) is 0 Å². The van der Waals surface area contributed by atoms with Crippen LogP contribution in [0, 0.1) is 5.82 Å². The van der Waals surface area contributed by atoms with Crippen LogP contribution >= 0.6 is 27.3 Å². The van der Waals surface area contributed by atoms with Gasteiger partial charge in [-0.05, 0) is 28.1 Å². The minimum Gasteiger partial charge on any atom is -0.298 e. The molecule has 1 aliphatic rings. The van der Waals surface area contributed by atoms with Crippen molar-refractivity contribution in [3.05, 3.63) is 44.6 Å². The molecule has 1 aliphatic heterocycles. The van der Waals surface area contributed by atoms with Crippen molar-refractivity contribution in [1.29, 1.82) is 0 Å². The summed E-state index contributed by atoms with van der Waals surface area (Å²) in [6.45, 7) is 0.256. The Balaban J connectivity index is 2.09. The molecule has 19 heavy (non-hydrogen) atoms. The molecule has 0 spiro atoms. The lowest BCUT2D eigenvalue weighted by Crippen LogP contribution is -2.28. The van der Waals surface area contributed by atoms with Gasteiger partial charge in [0.15, 0.2) is 0 Å². The standard InChI is InChI=1S/C12H6BrFN2O2S/c13-9-2-6(14)1-8-10(9)16(12(18)11(8)17)4-7-3-15-5-19-7/h1-3,5H,4H2. The summed E-state index contributed by atoms with van der Waals surface area (Å²) in [6, 6.07) is 2.33. The van der Waals surface area contributed by atoms with Crippen LogP contribution in [0.4, 0.5) is 10.1 Å². The molecule has 1 amide bonds. The lowest BCUT2D eigenvalue weighted by Gasteiger charge is -2.16. The normalized spacial score (nSPS) is 14.1. The van der Waals surface area contributed by atoms with E-state index in [9.17, 15) is 14.0 Å². The van der Waals surface area contributed by atoms with Gasteiger partial charge in [-0.1, -0.05) is 0 Å². The first kappa shape index (κ1) is 12.4. The van der Waals surface area contributed by atoms with Crippen LogP contribution < -0.4 is 4.90 Å². The summed E-state index contributed by atoms with van der Waals surface area (Å²) in [6.07, 6.45) is 1.64. The van der Waals surface area contributed by atoms with E-state index in [2.05, 4.69) is 20.9 Å². The Morgan fingerprint density at radius 1 is 1.37 bits per heavy atom. The minimum absolute atomic E-state index is 0.0985. The molecular formula is C12H6BrFN2O2S. The fourth-order valence-electron chi connectivity index (χ4n) is 1.98. The second-order valence-corrected chi connectivity index (χ2v) is 5.80. The number of fused-ring (bicyclic) bond motifs is 1. The first-order chi connectivity index (χ1) is 9.08. The van der Waals surface area contributed by atoms with Gasteiger partial charge in [-0.25, -0.2) is 4.39 Å². The third kappa shape index (κ3) is 1.98. The van der Waals surface area contributed by atoms with Gasteiger partial charge in [0.25, 0.3) is 11.7 Å². The molecule has 2 heterocycles. The van der Waals surface area contributed by atoms with Crippen LogP contribution in [0.15, 0.2) is 28.3 Å². The van der Waals surface area contributed by atoms with Crippen molar-refractivity contribution in [2.75, 3.05) is 4.90 Å². The number of halogens is 2. The summed E-state index contributed by atoms with van der Waals surface area (Å²) >= 11 is 4.59. The second kappa shape index (κ2) is 4.50. The van der Waals surface area contributed by atoms with Gasteiger partial charge in [0, 0.05) is 15.5 Å². The number of anilines is 1. The highest BCUT2D eigenvalue weighted by molar-refractivity contribution is 9.10. The van der Waals surface area contributed by atoms with Crippen LogP contribution in [0.1, 0.15) is 15.2 Å². The molecule has 0 aliphatic carbocycles. The molecule has 96 valence electrons. The molecule has 0 atom stereocenters. The van der Waals surface area contributed by atoms with Gasteiger partial charge in [0.05, 0.1) is 23.3 Å². The van der Waals surface area contributed by atoms with Crippen molar-refractivity contribution < 1.29 is 14.0 Å². The number of hydrogen-bond acceptors (Lipinski definition) is 4. The Labute approximate surface area is 120 Å². The Kier molecular flexibility index (Phi) is 2.94. The zero-order valence-electron chi connectivity index (χ0n) is 9.39. The first-order valence-corrected chi connectivity index (χ1v) is 6.98. The van der Waals surface area contributed by atoms with Gasteiger partial charge in [0.2, 0.25) is 0 Å². The van der Waals surface area contributed by atoms with Gasteiger partial charge >= 0.3 is 0 Å². The summed E-state index contributed by atoms with van der Waals surface area (Å²) in [5.41, 5.74) is 2.17. The fourth-order valence-corrected chi connectivity index (χ4v) is 3.21. The maximum atomic E-state index is 13.3. The smallest absolute Gasteiger partial charge is 0.298 e. The predicted molar refractivity (Wildman–Crippen MR) is 71.7 cm³/mol. The molecule has 0 bridgehead atoms. The van der Waals surface area contributed by atoms with E-state index in [-0.39, 0.29) is 12.1 Å². The van der Waals surface area contributed by atoms with Crippen molar-refractivity contribution in [3.63, 3.8) is 0 Å². The Bertz CT molecular complexity index is 687. The molecule has 3 rings (SSSR count). The lowest BCUT2D eigenvalue weighted by atomic mass is 10.1. The van der Waals surface area contributed by atoms with Crippen LogP contribution in [-0.2, 0) is 11.3 Å². The average Bonchev–Trinajstić information content (AvgIpc) is 2.93. The third-order valence-corrected chi connectivity index (χ3v) is 4.15. The number of nitrogens with zero attached hydrogens (tertiary/aromatic N) is 2. The summed E-state index contributed by atoms with van der Waals surface area (Å²) in [4.78, 5) is 29.9. The predicted octanol–water partition coefficient (Wildman–Crippen LogP) is 2.77. The third-order valence-electron chi connectivity index (χ3n) is 2.78. The highest BCUT2D eigenvalue weighted by Gasteiger charge is 2.38. The second-order valence-electron chi connectivity index (χ2n) is 3.97. The fraction of sp³-hybridized carbons (Fsp3) is 0.0833. The topological polar surface area (TPSA) is 50.3 Å². The average molecular weight is 341 g/mol. The van der Waals surface area contributed by atoms with Crippen molar-refractivity contribution in [2.45, 2.75) is 6.54 Å². The molecule has 2 aromatic rings. The van der Waals surface area contributed by atoms with Crippen LogP contribution in [0.3, 0.4) is 0 Å². The molecule has 1 aromatic heterocycles. The largest absolute Gasteiger partial charge is 0.299 e. The SMILES string of the molecule is O=C1C(=O)N(Cc2cncs2)c2c(Br)cc(F)cc21. The van der Waals surface area contributed by atoms with E-state index in [0.29, 0.717) is 10.2 Å². The lowest BCUT2D eigenvalue weighted by molar-refractivity contribution is -0.114. The number of Topliss-reactive ketones (excluding diaryl/α,β-unsaturated/α-hetero) is 1. The number of ketones is 1. The number of thiazole rings is 1. The number of rotatable bonds is 2. The van der Waals surface area contributed by atoms with Gasteiger partial charge < -0.3 is 0 Å². The van der Waals surface area contributed by atoms with Gasteiger partial charge in [-0.2, -0.15) is 0 Å². The van der Waals surface area contributed by atoms with E-state index in [1.807, 2.05) is 0 Å². The van der Waals surface area contributed by atoms with Crippen molar-refractivity contribution >= 4 is 44.6 Å². The quantitative estimate of drug-likeness (QED) is 0.790. The maximum Gasteiger partial charge on any atom is 0.299 e. The number of amides is 1. The van der Waals surface area contributed by atoms with Crippen molar-refractivity contribution in [3.8, 4) is 0 Å². The van der Waals surface area contributed by atoms with E-state index >= 15 is 0 Å². The number of benzene rings is 1. The molecule has 0 saturated heterocycles. The Hall–Kier alpha value is -1.60. The zero-order valence-corrected chi connectivity index (χ0v) is 11.8. The highest BCUT2D eigenvalue weighted by atomic mass is 79.9. The minimum atomic E-state index is -0.681. The van der Waals surface area contributed by atoms with Crippen LogP contribution in [0.25, 0.3) is 0 Å². The van der Waals surface area contributed by atoms with Crippen LogP contribution in [-0.4, -0.2) is 16.7 Å². The Morgan fingerprint density at radius 2 is 2.16 bits per heavy atom. The maximum absolute atomic E-state index is 13.3. The highest BCUT2D eigenvalue weighted by Crippen LogP contribution is 2.37. The summed E-state index contributed by atoms with van der Waals surface area (Å²) in [7, 11) is 0. The number of aromatic nitrogens is 1. The number of hydrogen-bond donors (Lipinski definition) is 0. The summed E-state index contributed by atoms with van der Waals surface area (Å²) < 4.78 is 13.7. The summed E-state index contributed by atoms with van der Waals surface area (Å²) in [5.74, 6) is -1.87. The van der Waals surface area contributed by atoms with E-state index < -0.39 is 17.5 Å². The molecule has 0 N–H and O–H groups in total. The first-order valence-electron chi connectivity index (χ1n) is 5.30. The van der Waals surface area contributed by atoms with Crippen molar-refractivity contribution in [1.82, 2.24) is 4.98 Å². The van der Waals surface area contributed by atoms with Gasteiger partial charge in [0.1, 0.15) is 5.82 Å². The zero-order chi connectivity index (χ0) is 13.6. The summed E-state index contributed by atoms with van der Waals surface area (Å²) in [5, 5.41) is 0. The van der Waals surface area contributed by atoms with Gasteiger partial charge in [-0.15, -0.1) is 11.3 Å². The van der Waals surface area contributed by atoms with E-state index in [1.165, 1.54) is 22.3 Å². The monoisotopic (exact) mass is 340 g/mol. The van der Waals surface area contributed by atoms with Crippen molar-refractivity contribution in [2.24, 2.45) is 0 Å². The molecule has 4 nitrogen and oxygen atoms in total. The number of carbonyl (C=O) groups is 2. The van der Waals surface area contributed by atoms with Gasteiger partial charge in [-0.3, -0.25) is 19.5 Å². The molecular weight excluding hydrogens is 335 g/mol. The van der Waals surface area contributed by atoms with Crippen LogP contribution in [0.2, 0.25) is 0 Å². The Morgan fingerprint density at radius 3 is 2.84 bits per heavy atom. The number of carbonyl (C=O) groups excluding carboxylic acids is 2. The van der Waals surface area contributed by atoms with E-state index in [1.54, 1.807) is 11.7 Å². The molecule has 0 radical (unpaired) electrons. The molecule has 0 fully saturated rings. The molecule has 0 unspecified atom stereocenters. The molecule has 0 saturated carbocycles. The van der Waals surface area contributed by atoms with E-state index in [4.69, 9.17) is 0 Å².